The maximum atomic E-state index is 12.4. The highest BCUT2D eigenvalue weighted by atomic mass is 32.1. The first-order valence-corrected chi connectivity index (χ1v) is 6.45. The summed E-state index contributed by atoms with van der Waals surface area (Å²) in [6.45, 7) is 6.07. The lowest BCUT2D eigenvalue weighted by Crippen LogP contribution is -2.42. The van der Waals surface area contributed by atoms with Gasteiger partial charge in [0.05, 0.1) is 5.56 Å². The molecule has 2 rings (SSSR count). The molecule has 92 valence electrons. The van der Waals surface area contributed by atoms with Crippen LogP contribution in [0, 0.1) is 16.5 Å². The van der Waals surface area contributed by atoms with Gasteiger partial charge in [-0.1, -0.05) is 26.1 Å². The van der Waals surface area contributed by atoms with Gasteiger partial charge in [-0.05, 0) is 30.4 Å². The van der Waals surface area contributed by atoms with Gasteiger partial charge in [-0.25, -0.2) is 0 Å². The van der Waals surface area contributed by atoms with Crippen molar-refractivity contribution >= 4 is 18.1 Å². The molecule has 1 fully saturated rings. The molecule has 0 unspecified atom stereocenters. The van der Waals surface area contributed by atoms with E-state index in [4.69, 9.17) is 12.2 Å². The minimum atomic E-state index is 0.0604. The Bertz CT molecular complexity index is 458. The first-order chi connectivity index (χ1) is 8.08. The molecule has 1 N–H and O–H groups in total. The highest BCUT2D eigenvalue weighted by molar-refractivity contribution is 7.71. The van der Waals surface area contributed by atoms with Crippen molar-refractivity contribution in [3.05, 3.63) is 28.5 Å². The smallest absolute Gasteiger partial charge is 0.256 e. The van der Waals surface area contributed by atoms with Crippen molar-refractivity contribution in [3.63, 3.8) is 0 Å². The zero-order chi connectivity index (χ0) is 12.4. The summed E-state index contributed by atoms with van der Waals surface area (Å²) in [5.74, 6) is 1.21. The van der Waals surface area contributed by atoms with E-state index >= 15 is 0 Å². The van der Waals surface area contributed by atoms with Gasteiger partial charge in [0.1, 0.15) is 4.64 Å². The molecular weight excluding hydrogens is 232 g/mol. The quantitative estimate of drug-likeness (QED) is 0.778. The summed E-state index contributed by atoms with van der Waals surface area (Å²) in [5.41, 5.74) is 0.615. The number of nitrogens with zero attached hydrogens (tertiary/aromatic N) is 1. The van der Waals surface area contributed by atoms with Crippen LogP contribution >= 0.6 is 12.2 Å². The molecule has 0 aliphatic carbocycles. The van der Waals surface area contributed by atoms with Crippen LogP contribution in [0.1, 0.15) is 30.6 Å². The third kappa shape index (κ3) is 2.75. The minimum Gasteiger partial charge on any atom is -0.352 e. The van der Waals surface area contributed by atoms with E-state index in [9.17, 15) is 4.79 Å². The Morgan fingerprint density at radius 1 is 1.41 bits per heavy atom. The maximum Gasteiger partial charge on any atom is 0.256 e. The topological polar surface area (TPSA) is 36.1 Å². The van der Waals surface area contributed by atoms with E-state index in [0.29, 0.717) is 22.0 Å². The summed E-state index contributed by atoms with van der Waals surface area (Å²) in [4.78, 5) is 17.2. The average Bonchev–Trinajstić information content (AvgIpc) is 2.27. The predicted octanol–water partition coefficient (Wildman–Crippen LogP) is 2.86. The van der Waals surface area contributed by atoms with Crippen LogP contribution in [0.15, 0.2) is 18.3 Å². The van der Waals surface area contributed by atoms with Gasteiger partial charge in [0.15, 0.2) is 0 Å². The van der Waals surface area contributed by atoms with E-state index in [2.05, 4.69) is 18.8 Å². The largest absolute Gasteiger partial charge is 0.352 e. The van der Waals surface area contributed by atoms with Crippen LogP contribution in [-0.2, 0) is 0 Å². The molecule has 1 aromatic heterocycles. The van der Waals surface area contributed by atoms with Gasteiger partial charge in [0.25, 0.3) is 5.91 Å². The fourth-order valence-corrected chi connectivity index (χ4v) is 2.81. The number of likely N-dealkylation sites (tertiary alicyclic amines) is 1. The number of piperidine rings is 1. The lowest BCUT2D eigenvalue weighted by Gasteiger charge is -2.35. The van der Waals surface area contributed by atoms with E-state index in [-0.39, 0.29) is 5.91 Å². The second-order valence-electron chi connectivity index (χ2n) is 5.07. The zero-order valence-corrected chi connectivity index (χ0v) is 11.1. The van der Waals surface area contributed by atoms with E-state index in [0.717, 1.165) is 13.1 Å². The van der Waals surface area contributed by atoms with Crippen molar-refractivity contribution in [2.24, 2.45) is 11.8 Å². The van der Waals surface area contributed by atoms with Crippen LogP contribution in [0.2, 0.25) is 0 Å². The van der Waals surface area contributed by atoms with Gasteiger partial charge in [0, 0.05) is 19.3 Å². The molecule has 1 aromatic rings. The summed E-state index contributed by atoms with van der Waals surface area (Å²) in [6.07, 6.45) is 2.95. The van der Waals surface area contributed by atoms with E-state index in [1.165, 1.54) is 6.42 Å². The highest BCUT2D eigenvalue weighted by Crippen LogP contribution is 2.22. The molecule has 17 heavy (non-hydrogen) atoms. The summed E-state index contributed by atoms with van der Waals surface area (Å²) in [7, 11) is 0. The van der Waals surface area contributed by atoms with Gasteiger partial charge in [-0.3, -0.25) is 4.79 Å². The van der Waals surface area contributed by atoms with Crippen molar-refractivity contribution in [2.75, 3.05) is 13.1 Å². The molecule has 2 heterocycles. The maximum absolute atomic E-state index is 12.4. The number of aromatic nitrogens is 1. The SMILES string of the molecule is C[C@H]1C[C@H](C)CN(C(=O)c2ccc[nH]c2=S)C1. The second kappa shape index (κ2) is 5.00. The van der Waals surface area contributed by atoms with E-state index in [1.54, 1.807) is 12.3 Å². The molecule has 0 saturated carbocycles. The Balaban J connectivity index is 2.20. The lowest BCUT2D eigenvalue weighted by atomic mass is 9.91. The molecule has 1 aliphatic heterocycles. The fraction of sp³-hybridized carbons (Fsp3) is 0.538. The number of carbonyl (C=O) groups excluding carboxylic acids is 1. The first-order valence-electron chi connectivity index (χ1n) is 6.05. The number of hydrogen-bond donors (Lipinski definition) is 1. The highest BCUT2D eigenvalue weighted by Gasteiger charge is 2.26. The molecule has 1 aliphatic rings. The van der Waals surface area contributed by atoms with Crippen molar-refractivity contribution in [1.82, 2.24) is 9.88 Å². The number of pyridine rings is 1. The summed E-state index contributed by atoms with van der Waals surface area (Å²) >= 11 is 5.15. The fourth-order valence-electron chi connectivity index (χ4n) is 2.59. The Kier molecular flexibility index (Phi) is 3.62. The van der Waals surface area contributed by atoms with Crippen LogP contribution in [0.25, 0.3) is 0 Å². The molecule has 1 saturated heterocycles. The molecule has 4 heteroatoms. The van der Waals surface area contributed by atoms with Crippen molar-refractivity contribution in [1.29, 1.82) is 0 Å². The van der Waals surface area contributed by atoms with Gasteiger partial charge in [-0.15, -0.1) is 0 Å². The molecule has 0 aromatic carbocycles. The Labute approximate surface area is 107 Å². The molecule has 2 atom stereocenters. The van der Waals surface area contributed by atoms with Crippen molar-refractivity contribution in [2.45, 2.75) is 20.3 Å². The summed E-state index contributed by atoms with van der Waals surface area (Å²) in [5, 5.41) is 0. The number of rotatable bonds is 1. The Morgan fingerprint density at radius 3 is 2.65 bits per heavy atom. The average molecular weight is 250 g/mol. The molecule has 3 nitrogen and oxygen atoms in total. The summed E-state index contributed by atoms with van der Waals surface area (Å²) < 4.78 is 0.531. The summed E-state index contributed by atoms with van der Waals surface area (Å²) in [6, 6.07) is 3.62. The molecule has 0 spiro atoms. The molecule has 0 bridgehead atoms. The van der Waals surface area contributed by atoms with Crippen LogP contribution < -0.4 is 0 Å². The normalized spacial score (nSPS) is 24.7. The molecule has 1 amide bonds. The van der Waals surface area contributed by atoms with Crippen LogP contribution in [0.5, 0.6) is 0 Å². The van der Waals surface area contributed by atoms with Crippen LogP contribution in [0.4, 0.5) is 0 Å². The Morgan fingerprint density at radius 2 is 2.06 bits per heavy atom. The first kappa shape index (κ1) is 12.3. The van der Waals surface area contributed by atoms with Crippen LogP contribution in [-0.4, -0.2) is 28.9 Å². The van der Waals surface area contributed by atoms with Crippen molar-refractivity contribution in [3.8, 4) is 0 Å². The lowest BCUT2D eigenvalue weighted by molar-refractivity contribution is 0.0622. The predicted molar refractivity (Wildman–Crippen MR) is 70.5 cm³/mol. The van der Waals surface area contributed by atoms with Gasteiger partial charge in [0.2, 0.25) is 0 Å². The Hall–Kier alpha value is -1.16. The van der Waals surface area contributed by atoms with E-state index in [1.807, 2.05) is 11.0 Å². The van der Waals surface area contributed by atoms with Crippen LogP contribution in [0.3, 0.4) is 0 Å². The monoisotopic (exact) mass is 250 g/mol. The number of amides is 1. The number of H-pyrrole nitrogens is 1. The number of nitrogens with one attached hydrogen (secondary N) is 1. The zero-order valence-electron chi connectivity index (χ0n) is 10.3. The standard InChI is InChI=1S/C13H18N2OS/c1-9-6-10(2)8-15(7-9)13(16)11-4-3-5-14-12(11)17/h3-5,9-10H,6-8H2,1-2H3,(H,14,17)/t9-,10-/m0/s1. The molecular formula is C13H18N2OS. The number of hydrogen-bond acceptors (Lipinski definition) is 2. The van der Waals surface area contributed by atoms with E-state index < -0.39 is 0 Å². The molecule has 0 radical (unpaired) electrons. The van der Waals surface area contributed by atoms with Gasteiger partial charge in [-0.2, -0.15) is 0 Å². The van der Waals surface area contributed by atoms with Gasteiger partial charge < -0.3 is 9.88 Å². The number of aromatic amines is 1. The second-order valence-corrected chi connectivity index (χ2v) is 5.48. The van der Waals surface area contributed by atoms with Crippen molar-refractivity contribution < 1.29 is 4.79 Å². The minimum absolute atomic E-state index is 0.0604. The number of carbonyl (C=O) groups is 1. The third-order valence-electron chi connectivity index (χ3n) is 3.20. The van der Waals surface area contributed by atoms with Gasteiger partial charge >= 0.3 is 0 Å². The third-order valence-corrected chi connectivity index (χ3v) is 3.54.